The molecular formula is C23H32N2O6. The molecule has 2 heterocycles. The first-order valence-corrected chi connectivity index (χ1v) is 11.0. The lowest BCUT2D eigenvalue weighted by Crippen LogP contribution is -2.47. The highest BCUT2D eigenvalue weighted by atomic mass is 16.6. The summed E-state index contributed by atoms with van der Waals surface area (Å²) in [5.74, 6) is 0.0706. The number of hydrogen-bond acceptors (Lipinski definition) is 6. The number of fused-ring (bicyclic) bond motifs is 1. The summed E-state index contributed by atoms with van der Waals surface area (Å²) in [5, 5.41) is 3.02. The molecule has 170 valence electrons. The number of esters is 1. The highest BCUT2D eigenvalue weighted by molar-refractivity contribution is 5.99. The van der Waals surface area contributed by atoms with Crippen molar-refractivity contribution in [2.24, 2.45) is 5.92 Å². The minimum Gasteiger partial charge on any atom is -0.493 e. The van der Waals surface area contributed by atoms with Crippen LogP contribution in [0.2, 0.25) is 0 Å². The first-order chi connectivity index (χ1) is 15.0. The smallest absolute Gasteiger partial charge is 0.344 e. The van der Waals surface area contributed by atoms with Crippen LogP contribution in [-0.2, 0) is 14.3 Å². The zero-order chi connectivity index (χ0) is 22.5. The number of carbonyl (C=O) groups excluding carboxylic acids is 3. The number of nitrogens with zero attached hydrogens (tertiary/aromatic N) is 1. The van der Waals surface area contributed by atoms with Crippen LogP contribution in [-0.4, -0.2) is 49.5 Å². The second-order valence-corrected chi connectivity index (χ2v) is 8.04. The molecule has 1 fully saturated rings. The number of benzene rings is 1. The van der Waals surface area contributed by atoms with E-state index in [1.54, 1.807) is 12.1 Å². The standard InChI is InChI=1S/C23H32N2O6/c1-5-7-8-14(6-2)13-24-21(27)16-10-12-18(26)25(16)22-15-9-11-17(29-3)20(30-4)19(15)23(28)31-22/h9,11,14,16,22H,5-8,10,12-13H2,1-4H3,(H,24,27)/t14-,16-,22+/m0/s1. The molecule has 8 nitrogen and oxygen atoms in total. The molecule has 0 saturated carbocycles. The molecule has 0 spiro atoms. The van der Waals surface area contributed by atoms with Crippen molar-refractivity contribution in [1.82, 2.24) is 10.2 Å². The van der Waals surface area contributed by atoms with Crippen LogP contribution < -0.4 is 14.8 Å². The number of cyclic esters (lactones) is 1. The topological polar surface area (TPSA) is 94.2 Å². The third kappa shape index (κ3) is 4.48. The van der Waals surface area contributed by atoms with Crippen LogP contribution in [0.5, 0.6) is 11.5 Å². The Hall–Kier alpha value is -2.77. The molecule has 2 amide bonds. The van der Waals surface area contributed by atoms with Crippen LogP contribution in [0.25, 0.3) is 0 Å². The van der Waals surface area contributed by atoms with Crippen LogP contribution >= 0.6 is 0 Å². The fourth-order valence-corrected chi connectivity index (χ4v) is 4.35. The Morgan fingerprint density at radius 3 is 2.68 bits per heavy atom. The number of likely N-dealkylation sites (tertiary alicyclic amines) is 1. The molecule has 0 radical (unpaired) electrons. The fraction of sp³-hybridized carbons (Fsp3) is 0.609. The molecule has 2 aliphatic rings. The van der Waals surface area contributed by atoms with Crippen LogP contribution in [0.15, 0.2) is 12.1 Å². The fourth-order valence-electron chi connectivity index (χ4n) is 4.35. The third-order valence-electron chi connectivity index (χ3n) is 6.19. The highest BCUT2D eigenvalue weighted by Gasteiger charge is 2.47. The number of carbonyl (C=O) groups is 3. The molecule has 1 saturated heterocycles. The summed E-state index contributed by atoms with van der Waals surface area (Å²) in [6.07, 6.45) is 3.99. The minimum atomic E-state index is -0.949. The van der Waals surface area contributed by atoms with E-state index in [2.05, 4.69) is 19.2 Å². The summed E-state index contributed by atoms with van der Waals surface area (Å²) >= 11 is 0. The normalized spacial score (nSPS) is 21.0. The van der Waals surface area contributed by atoms with Gasteiger partial charge in [-0.25, -0.2) is 4.79 Å². The van der Waals surface area contributed by atoms with E-state index in [4.69, 9.17) is 14.2 Å². The lowest BCUT2D eigenvalue weighted by Gasteiger charge is -2.29. The number of unbranched alkanes of at least 4 members (excludes halogenated alkanes) is 1. The van der Waals surface area contributed by atoms with Gasteiger partial charge in [-0.05, 0) is 30.9 Å². The van der Waals surface area contributed by atoms with Crippen molar-refractivity contribution in [3.05, 3.63) is 23.3 Å². The summed E-state index contributed by atoms with van der Waals surface area (Å²) < 4.78 is 16.2. The maximum Gasteiger partial charge on any atom is 0.344 e. The van der Waals surface area contributed by atoms with E-state index in [0.29, 0.717) is 30.2 Å². The number of methoxy groups -OCH3 is 2. The summed E-state index contributed by atoms with van der Waals surface area (Å²) in [4.78, 5) is 39.7. The average Bonchev–Trinajstić information content (AvgIpc) is 3.32. The molecule has 2 aliphatic heterocycles. The second-order valence-electron chi connectivity index (χ2n) is 8.04. The number of amides is 2. The molecule has 1 N–H and O–H groups in total. The van der Waals surface area contributed by atoms with Crippen molar-refractivity contribution in [2.45, 2.75) is 64.6 Å². The number of nitrogens with one attached hydrogen (secondary N) is 1. The number of ether oxygens (including phenoxy) is 3. The predicted molar refractivity (Wildman–Crippen MR) is 114 cm³/mol. The van der Waals surface area contributed by atoms with Crippen LogP contribution in [0.4, 0.5) is 0 Å². The number of rotatable bonds is 10. The Labute approximate surface area is 183 Å². The molecule has 0 aromatic heterocycles. The summed E-state index contributed by atoms with van der Waals surface area (Å²) in [6.45, 7) is 4.85. The largest absolute Gasteiger partial charge is 0.493 e. The Morgan fingerprint density at radius 1 is 1.26 bits per heavy atom. The van der Waals surface area contributed by atoms with Gasteiger partial charge in [0, 0.05) is 18.5 Å². The first kappa shape index (κ1) is 22.9. The van der Waals surface area contributed by atoms with Crippen LogP contribution in [0, 0.1) is 5.92 Å². The van der Waals surface area contributed by atoms with Gasteiger partial charge in [0.15, 0.2) is 11.5 Å². The quantitative estimate of drug-likeness (QED) is 0.571. The van der Waals surface area contributed by atoms with Crippen molar-refractivity contribution < 1.29 is 28.6 Å². The van der Waals surface area contributed by atoms with E-state index in [1.165, 1.54) is 19.1 Å². The van der Waals surface area contributed by atoms with Crippen LogP contribution in [0.3, 0.4) is 0 Å². The van der Waals surface area contributed by atoms with Gasteiger partial charge in [-0.15, -0.1) is 0 Å². The molecule has 1 aromatic carbocycles. The van der Waals surface area contributed by atoms with Gasteiger partial charge < -0.3 is 19.5 Å². The SMILES string of the molecule is CCCC[C@H](CC)CNC(=O)[C@@H]1CCC(=O)N1[C@@H]1OC(=O)c2c1ccc(OC)c2OC. The van der Waals surface area contributed by atoms with E-state index in [1.807, 2.05) is 0 Å². The molecule has 0 bridgehead atoms. The van der Waals surface area contributed by atoms with Gasteiger partial charge in [0.1, 0.15) is 11.6 Å². The minimum absolute atomic E-state index is 0.203. The first-order valence-electron chi connectivity index (χ1n) is 11.0. The van der Waals surface area contributed by atoms with Gasteiger partial charge in [0.25, 0.3) is 0 Å². The van der Waals surface area contributed by atoms with Gasteiger partial charge in [0.2, 0.25) is 18.0 Å². The van der Waals surface area contributed by atoms with E-state index in [-0.39, 0.29) is 29.5 Å². The zero-order valence-corrected chi connectivity index (χ0v) is 18.7. The van der Waals surface area contributed by atoms with Crippen molar-refractivity contribution in [3.8, 4) is 11.5 Å². The summed E-state index contributed by atoms with van der Waals surface area (Å²) in [7, 11) is 2.93. The molecular weight excluding hydrogens is 400 g/mol. The number of hydrogen-bond donors (Lipinski definition) is 1. The highest BCUT2D eigenvalue weighted by Crippen LogP contribution is 2.45. The maximum absolute atomic E-state index is 13.0. The van der Waals surface area contributed by atoms with E-state index in [9.17, 15) is 14.4 Å². The Morgan fingerprint density at radius 2 is 2.03 bits per heavy atom. The molecule has 0 aliphatic carbocycles. The van der Waals surface area contributed by atoms with Gasteiger partial charge in [-0.2, -0.15) is 0 Å². The molecule has 3 rings (SSSR count). The molecule has 0 unspecified atom stereocenters. The van der Waals surface area contributed by atoms with Crippen LogP contribution in [0.1, 0.15) is 74.5 Å². The van der Waals surface area contributed by atoms with Crippen molar-refractivity contribution in [1.29, 1.82) is 0 Å². The molecule has 3 atom stereocenters. The molecule has 1 aromatic rings. The molecule has 31 heavy (non-hydrogen) atoms. The van der Waals surface area contributed by atoms with E-state index in [0.717, 1.165) is 25.7 Å². The Bertz CT molecular complexity index is 840. The van der Waals surface area contributed by atoms with E-state index >= 15 is 0 Å². The van der Waals surface area contributed by atoms with Gasteiger partial charge >= 0.3 is 5.97 Å². The Kier molecular flexibility index (Phi) is 7.41. The summed E-state index contributed by atoms with van der Waals surface area (Å²) in [5.41, 5.74) is 0.737. The maximum atomic E-state index is 13.0. The monoisotopic (exact) mass is 432 g/mol. The van der Waals surface area contributed by atoms with Gasteiger partial charge in [-0.3, -0.25) is 14.5 Å². The van der Waals surface area contributed by atoms with E-state index < -0.39 is 18.2 Å². The Balaban J connectivity index is 1.80. The lowest BCUT2D eigenvalue weighted by atomic mass is 9.99. The average molecular weight is 433 g/mol. The van der Waals surface area contributed by atoms with Crippen molar-refractivity contribution >= 4 is 17.8 Å². The van der Waals surface area contributed by atoms with Crippen molar-refractivity contribution in [3.63, 3.8) is 0 Å². The molecule has 8 heteroatoms. The third-order valence-corrected chi connectivity index (χ3v) is 6.19. The predicted octanol–water partition coefficient (Wildman–Crippen LogP) is 3.20. The van der Waals surface area contributed by atoms with Gasteiger partial charge in [0.05, 0.1) is 14.2 Å². The lowest BCUT2D eigenvalue weighted by molar-refractivity contribution is -0.145. The zero-order valence-electron chi connectivity index (χ0n) is 18.7. The summed E-state index contributed by atoms with van der Waals surface area (Å²) in [6, 6.07) is 2.68. The second kappa shape index (κ2) is 10.0. The van der Waals surface area contributed by atoms with Gasteiger partial charge in [-0.1, -0.05) is 33.1 Å². The van der Waals surface area contributed by atoms with Crippen molar-refractivity contribution in [2.75, 3.05) is 20.8 Å².